The quantitative estimate of drug-likeness (QED) is 0.839. The summed E-state index contributed by atoms with van der Waals surface area (Å²) in [4.78, 5) is 0.824. The van der Waals surface area contributed by atoms with Crippen LogP contribution >= 0.6 is 11.8 Å². The van der Waals surface area contributed by atoms with Crippen molar-refractivity contribution in [3.8, 4) is 0 Å². The molecular formula is C11H15N5O2S2. The Morgan fingerprint density at radius 3 is 2.60 bits per heavy atom. The molecule has 0 aliphatic carbocycles. The molecule has 9 heteroatoms. The fourth-order valence-electron chi connectivity index (χ4n) is 1.44. The minimum atomic E-state index is -3.48. The van der Waals surface area contributed by atoms with Crippen LogP contribution in [0, 0.1) is 0 Å². The molecule has 2 rings (SSSR count). The number of aromatic nitrogens is 3. The van der Waals surface area contributed by atoms with Gasteiger partial charge in [0.25, 0.3) is 0 Å². The first-order valence-electron chi connectivity index (χ1n) is 5.66. The lowest BCUT2D eigenvalue weighted by Crippen LogP contribution is -2.22. The number of rotatable bonds is 4. The molecule has 0 spiro atoms. The molecule has 0 saturated carbocycles. The third-order valence-electron chi connectivity index (χ3n) is 2.63. The number of aryl methyl sites for hydroxylation is 1. The third-order valence-corrected chi connectivity index (χ3v) is 5.57. The molecule has 1 heterocycles. The van der Waals surface area contributed by atoms with Gasteiger partial charge in [0.05, 0.1) is 4.90 Å². The molecule has 2 aromatic rings. The van der Waals surface area contributed by atoms with E-state index in [4.69, 9.17) is 5.73 Å². The molecular weight excluding hydrogens is 298 g/mol. The van der Waals surface area contributed by atoms with Crippen molar-refractivity contribution in [2.24, 2.45) is 7.05 Å². The third kappa shape index (κ3) is 2.79. The number of anilines is 1. The molecule has 0 aliphatic rings. The molecule has 108 valence electrons. The van der Waals surface area contributed by atoms with Gasteiger partial charge in [0.2, 0.25) is 10.0 Å². The molecule has 0 aliphatic heterocycles. The van der Waals surface area contributed by atoms with Crippen LogP contribution in [-0.4, -0.2) is 41.6 Å². The average molecular weight is 313 g/mol. The summed E-state index contributed by atoms with van der Waals surface area (Å²) in [6.07, 6.45) is 1.57. The van der Waals surface area contributed by atoms with Crippen LogP contribution in [0.15, 0.2) is 39.5 Å². The zero-order valence-electron chi connectivity index (χ0n) is 11.3. The lowest BCUT2D eigenvalue weighted by molar-refractivity contribution is 0.520. The summed E-state index contributed by atoms with van der Waals surface area (Å²) in [5, 5.41) is 8.35. The van der Waals surface area contributed by atoms with Gasteiger partial charge in [0.1, 0.15) is 6.33 Å². The van der Waals surface area contributed by atoms with Crippen molar-refractivity contribution in [1.29, 1.82) is 0 Å². The zero-order chi connectivity index (χ0) is 14.9. The minimum Gasteiger partial charge on any atom is -0.398 e. The van der Waals surface area contributed by atoms with Gasteiger partial charge in [0, 0.05) is 31.7 Å². The van der Waals surface area contributed by atoms with Crippen LogP contribution in [0.3, 0.4) is 0 Å². The SMILES string of the molecule is CN(C)S(=O)(=O)c1ccc(N)c(Sc2nncn2C)c1. The number of hydrogen-bond donors (Lipinski definition) is 1. The number of nitrogens with zero attached hydrogens (tertiary/aromatic N) is 4. The van der Waals surface area contributed by atoms with E-state index in [-0.39, 0.29) is 4.90 Å². The highest BCUT2D eigenvalue weighted by Gasteiger charge is 2.19. The Morgan fingerprint density at radius 1 is 1.35 bits per heavy atom. The second kappa shape index (κ2) is 5.43. The fourth-order valence-corrected chi connectivity index (χ4v) is 3.29. The van der Waals surface area contributed by atoms with Crippen LogP contribution in [0.2, 0.25) is 0 Å². The maximum absolute atomic E-state index is 12.1. The van der Waals surface area contributed by atoms with Crippen LogP contribution in [-0.2, 0) is 17.1 Å². The van der Waals surface area contributed by atoms with Crippen LogP contribution in [0.4, 0.5) is 5.69 Å². The second-order valence-electron chi connectivity index (χ2n) is 4.31. The van der Waals surface area contributed by atoms with Crippen molar-refractivity contribution in [1.82, 2.24) is 19.1 Å². The topological polar surface area (TPSA) is 94.1 Å². The van der Waals surface area contributed by atoms with E-state index in [2.05, 4.69) is 10.2 Å². The van der Waals surface area contributed by atoms with E-state index < -0.39 is 10.0 Å². The molecule has 0 radical (unpaired) electrons. The highest BCUT2D eigenvalue weighted by Crippen LogP contribution is 2.32. The molecule has 7 nitrogen and oxygen atoms in total. The number of nitrogen functional groups attached to an aromatic ring is 1. The van der Waals surface area contributed by atoms with E-state index in [1.807, 2.05) is 0 Å². The zero-order valence-corrected chi connectivity index (χ0v) is 12.9. The van der Waals surface area contributed by atoms with E-state index in [1.54, 1.807) is 30.1 Å². The molecule has 0 fully saturated rings. The van der Waals surface area contributed by atoms with E-state index >= 15 is 0 Å². The van der Waals surface area contributed by atoms with Crippen LogP contribution < -0.4 is 5.73 Å². The van der Waals surface area contributed by atoms with E-state index in [1.165, 1.54) is 31.9 Å². The summed E-state index contributed by atoms with van der Waals surface area (Å²) >= 11 is 1.27. The monoisotopic (exact) mass is 313 g/mol. The molecule has 0 bridgehead atoms. The molecule has 0 unspecified atom stereocenters. The van der Waals surface area contributed by atoms with Gasteiger partial charge in [-0.2, -0.15) is 0 Å². The normalized spacial score (nSPS) is 12.0. The minimum absolute atomic E-state index is 0.196. The highest BCUT2D eigenvalue weighted by atomic mass is 32.2. The standard InChI is InChI=1S/C11H15N5O2S2/c1-15(2)20(17,18)8-4-5-9(12)10(6-8)19-11-14-13-7-16(11)3/h4-7H,12H2,1-3H3. The van der Waals surface area contributed by atoms with Gasteiger partial charge in [-0.3, -0.25) is 0 Å². The van der Waals surface area contributed by atoms with Crippen molar-refractivity contribution in [3.05, 3.63) is 24.5 Å². The molecule has 2 N–H and O–H groups in total. The maximum Gasteiger partial charge on any atom is 0.242 e. The number of benzene rings is 1. The molecule has 0 saturated heterocycles. The van der Waals surface area contributed by atoms with Crippen molar-refractivity contribution in [2.75, 3.05) is 19.8 Å². The fraction of sp³-hybridized carbons (Fsp3) is 0.273. The second-order valence-corrected chi connectivity index (χ2v) is 7.47. The van der Waals surface area contributed by atoms with Gasteiger partial charge in [-0.25, -0.2) is 12.7 Å². The van der Waals surface area contributed by atoms with Crippen molar-refractivity contribution < 1.29 is 8.42 Å². The Bertz CT molecular complexity index is 724. The smallest absolute Gasteiger partial charge is 0.242 e. The summed E-state index contributed by atoms with van der Waals surface area (Å²) in [6, 6.07) is 4.62. The summed E-state index contributed by atoms with van der Waals surface area (Å²) in [6.45, 7) is 0. The maximum atomic E-state index is 12.1. The Morgan fingerprint density at radius 2 is 2.05 bits per heavy atom. The van der Waals surface area contributed by atoms with Gasteiger partial charge in [0.15, 0.2) is 5.16 Å². The number of sulfonamides is 1. The summed E-state index contributed by atoms with van der Waals surface area (Å²) in [5.74, 6) is 0. The van der Waals surface area contributed by atoms with Gasteiger partial charge < -0.3 is 10.3 Å². The Kier molecular flexibility index (Phi) is 4.02. The molecule has 1 aromatic carbocycles. The van der Waals surface area contributed by atoms with E-state index in [0.29, 0.717) is 15.7 Å². The van der Waals surface area contributed by atoms with Crippen molar-refractivity contribution >= 4 is 27.5 Å². The largest absolute Gasteiger partial charge is 0.398 e. The summed E-state index contributed by atoms with van der Waals surface area (Å²) < 4.78 is 27.1. The highest BCUT2D eigenvalue weighted by molar-refractivity contribution is 7.99. The lowest BCUT2D eigenvalue weighted by Gasteiger charge is -2.13. The Labute approximate surface area is 121 Å². The summed E-state index contributed by atoms with van der Waals surface area (Å²) in [5.41, 5.74) is 6.38. The Balaban J connectivity index is 2.43. The van der Waals surface area contributed by atoms with Crippen molar-refractivity contribution in [3.63, 3.8) is 0 Å². The molecule has 20 heavy (non-hydrogen) atoms. The number of hydrogen-bond acceptors (Lipinski definition) is 6. The van der Waals surface area contributed by atoms with E-state index in [9.17, 15) is 8.42 Å². The van der Waals surface area contributed by atoms with Crippen LogP contribution in [0.25, 0.3) is 0 Å². The van der Waals surface area contributed by atoms with Gasteiger partial charge in [-0.15, -0.1) is 10.2 Å². The number of nitrogens with two attached hydrogens (primary N) is 1. The first-order valence-corrected chi connectivity index (χ1v) is 7.92. The predicted molar refractivity (Wildman–Crippen MR) is 76.9 cm³/mol. The van der Waals surface area contributed by atoms with Crippen LogP contribution in [0.5, 0.6) is 0 Å². The average Bonchev–Trinajstić information content (AvgIpc) is 2.77. The van der Waals surface area contributed by atoms with Crippen molar-refractivity contribution in [2.45, 2.75) is 14.9 Å². The molecule has 0 amide bonds. The predicted octanol–water partition coefficient (Wildman–Crippen LogP) is 0.799. The molecule has 1 aromatic heterocycles. The summed E-state index contributed by atoms with van der Waals surface area (Å²) in [7, 11) is 1.30. The lowest BCUT2D eigenvalue weighted by atomic mass is 10.3. The van der Waals surface area contributed by atoms with Gasteiger partial charge >= 0.3 is 0 Å². The Hall–Kier alpha value is -1.58. The van der Waals surface area contributed by atoms with Crippen LogP contribution in [0.1, 0.15) is 0 Å². The van der Waals surface area contributed by atoms with Gasteiger partial charge in [-0.1, -0.05) is 0 Å². The first kappa shape index (κ1) is 14.8. The van der Waals surface area contributed by atoms with Gasteiger partial charge in [-0.05, 0) is 30.0 Å². The first-order chi connectivity index (χ1) is 9.32. The molecule has 0 atom stereocenters. The van der Waals surface area contributed by atoms with E-state index in [0.717, 1.165) is 4.31 Å².